The number of benzene rings is 2. The van der Waals surface area contributed by atoms with Gasteiger partial charge in [0.1, 0.15) is 6.54 Å². The second kappa shape index (κ2) is 12.8. The van der Waals surface area contributed by atoms with Gasteiger partial charge in [-0.2, -0.15) is 4.58 Å². The van der Waals surface area contributed by atoms with Crippen molar-refractivity contribution in [3.63, 3.8) is 0 Å². The number of unbranched alkanes of at least 4 members (excludes halogenated alkanes) is 1. The molecule has 0 spiro atoms. The van der Waals surface area contributed by atoms with Crippen molar-refractivity contribution in [2.24, 2.45) is 0 Å². The first-order valence-electron chi connectivity index (χ1n) is 13.5. The molecule has 0 radical (unpaired) electrons. The Labute approximate surface area is 266 Å². The van der Waals surface area contributed by atoms with E-state index in [1.165, 1.54) is 5.56 Å². The maximum Gasteiger partial charge on any atom is 1.00 e. The predicted octanol–water partition coefficient (Wildman–Crippen LogP) is 1.57. The molecule has 2 aliphatic heterocycles. The monoisotopic (exact) mass is 608 g/mol. The summed E-state index contributed by atoms with van der Waals surface area (Å²) in [6.07, 6.45) is 7.23. The Morgan fingerprint density at radius 3 is 2.05 bits per heavy atom. The summed E-state index contributed by atoms with van der Waals surface area (Å²) in [5.41, 5.74) is 5.82. The summed E-state index contributed by atoms with van der Waals surface area (Å²) in [6, 6.07) is 16.2. The van der Waals surface area contributed by atoms with E-state index in [4.69, 9.17) is 0 Å². The van der Waals surface area contributed by atoms with Gasteiger partial charge in [0.2, 0.25) is 5.69 Å². The number of rotatable bonds is 11. The Bertz CT molecular complexity index is 1590. The third-order valence-corrected chi connectivity index (χ3v) is 9.49. The summed E-state index contributed by atoms with van der Waals surface area (Å²) in [5, 5.41) is 0. The second-order valence-corrected chi connectivity index (χ2v) is 14.5. The van der Waals surface area contributed by atoms with Crippen molar-refractivity contribution in [3.8, 4) is 0 Å². The van der Waals surface area contributed by atoms with Gasteiger partial charge in [0.25, 0.3) is 0 Å². The summed E-state index contributed by atoms with van der Waals surface area (Å²) in [5.74, 6) is -0.787. The molecular formula is C30H37N2NaO6S2. The Balaban J connectivity index is 0.00000462. The number of hydrogen-bond acceptors (Lipinski definition) is 7. The third-order valence-electron chi connectivity index (χ3n) is 7.91. The van der Waals surface area contributed by atoms with Crippen LogP contribution < -0.4 is 34.5 Å². The molecule has 0 amide bonds. The number of nitrogens with zero attached hydrogens (tertiary/aromatic N) is 2. The van der Waals surface area contributed by atoms with Crippen molar-refractivity contribution in [2.75, 3.05) is 29.5 Å². The average molecular weight is 609 g/mol. The first-order valence-corrected chi connectivity index (χ1v) is 16.7. The van der Waals surface area contributed by atoms with Crippen molar-refractivity contribution >= 4 is 37.3 Å². The fourth-order valence-corrected chi connectivity index (χ4v) is 6.98. The van der Waals surface area contributed by atoms with Crippen LogP contribution in [0.2, 0.25) is 0 Å². The molecule has 0 aromatic heterocycles. The first kappa shape index (κ1) is 33.7. The van der Waals surface area contributed by atoms with E-state index < -0.39 is 26.0 Å². The van der Waals surface area contributed by atoms with Crippen LogP contribution in [0.3, 0.4) is 0 Å². The molecular weight excluding hydrogens is 571 g/mol. The Morgan fingerprint density at radius 2 is 1.39 bits per heavy atom. The van der Waals surface area contributed by atoms with Crippen LogP contribution in [-0.2, 0) is 31.1 Å². The van der Waals surface area contributed by atoms with E-state index in [1.807, 2.05) is 36.4 Å². The molecule has 0 atom stereocenters. The van der Waals surface area contributed by atoms with Gasteiger partial charge in [-0.15, -0.1) is 0 Å². The molecule has 2 aromatic carbocycles. The summed E-state index contributed by atoms with van der Waals surface area (Å²) >= 11 is 0. The van der Waals surface area contributed by atoms with Crippen LogP contribution in [0.15, 0.2) is 72.5 Å². The molecule has 0 saturated heterocycles. The summed E-state index contributed by atoms with van der Waals surface area (Å²) in [4.78, 5) is 2.20. The molecule has 8 nitrogen and oxygen atoms in total. The molecule has 0 saturated carbocycles. The number of allylic oxidation sites excluding steroid dienone is 4. The number of para-hydroxylation sites is 2. The SMILES string of the molecule is CC1(C)C(=CC=CC2=[N+](CCCS(=O)(=O)[O-])c3ccccc3C2(C)C)N(CCCCS(=O)(=O)[O-])c2ccccc21.[Na+]. The summed E-state index contributed by atoms with van der Waals surface area (Å²) < 4.78 is 69.1. The fraction of sp³-hybridized carbons (Fsp3) is 0.433. The van der Waals surface area contributed by atoms with Gasteiger partial charge >= 0.3 is 29.6 Å². The quantitative estimate of drug-likeness (QED) is 0.164. The first-order chi connectivity index (χ1) is 18.6. The zero-order chi connectivity index (χ0) is 29.3. The van der Waals surface area contributed by atoms with Gasteiger partial charge in [-0.25, -0.2) is 16.8 Å². The van der Waals surface area contributed by atoms with Crippen LogP contribution in [0.1, 0.15) is 58.1 Å². The minimum Gasteiger partial charge on any atom is -0.748 e. The standard InChI is InChI=1S/C30H38N2O6S2.Na/c1-29(2)23-13-5-7-15-25(23)31(19-9-10-21-39(33,34)35)27(29)17-11-18-28-30(3,4)24-14-6-8-16-26(24)32(28)20-12-22-40(36,37)38;/h5-8,11,13-18H,9-10,12,19-22H2,1-4H3,(H-,33,34,35,36,37,38);/q;+1/p-1. The van der Waals surface area contributed by atoms with Gasteiger partial charge in [0, 0.05) is 59.0 Å². The van der Waals surface area contributed by atoms with E-state index in [9.17, 15) is 25.9 Å². The number of hydrogen-bond donors (Lipinski definition) is 0. The molecule has 0 unspecified atom stereocenters. The van der Waals surface area contributed by atoms with Crippen molar-refractivity contribution in [1.82, 2.24) is 0 Å². The van der Waals surface area contributed by atoms with Gasteiger partial charge in [0.05, 0.1) is 25.7 Å². The van der Waals surface area contributed by atoms with E-state index >= 15 is 0 Å². The topological polar surface area (TPSA) is 121 Å². The minimum atomic E-state index is -4.30. The Kier molecular flexibility index (Phi) is 10.6. The molecule has 0 fully saturated rings. The van der Waals surface area contributed by atoms with Gasteiger partial charge < -0.3 is 14.0 Å². The zero-order valence-corrected chi connectivity index (χ0v) is 28.1. The van der Waals surface area contributed by atoms with Crippen LogP contribution in [0.5, 0.6) is 0 Å². The minimum absolute atomic E-state index is 0. The molecule has 41 heavy (non-hydrogen) atoms. The molecule has 2 heterocycles. The van der Waals surface area contributed by atoms with Gasteiger partial charge in [0.15, 0.2) is 5.71 Å². The average Bonchev–Trinajstić information content (AvgIpc) is 3.20. The van der Waals surface area contributed by atoms with Crippen LogP contribution in [0.25, 0.3) is 0 Å². The molecule has 0 N–H and O–H groups in total. The maximum absolute atomic E-state index is 11.3. The van der Waals surface area contributed by atoms with E-state index in [0.29, 0.717) is 25.9 Å². The van der Waals surface area contributed by atoms with Gasteiger partial charge in [-0.05, 0) is 44.4 Å². The van der Waals surface area contributed by atoms with Gasteiger partial charge in [-0.3, -0.25) is 0 Å². The number of anilines is 1. The van der Waals surface area contributed by atoms with E-state index in [2.05, 4.69) is 67.5 Å². The molecule has 0 bridgehead atoms. The molecule has 4 rings (SSSR count). The maximum atomic E-state index is 11.3. The van der Waals surface area contributed by atoms with Crippen LogP contribution >= 0.6 is 0 Å². The predicted molar refractivity (Wildman–Crippen MR) is 156 cm³/mol. The molecule has 216 valence electrons. The van der Waals surface area contributed by atoms with Crippen molar-refractivity contribution in [1.29, 1.82) is 0 Å². The Morgan fingerprint density at radius 1 is 0.805 bits per heavy atom. The number of fused-ring (bicyclic) bond motifs is 2. The van der Waals surface area contributed by atoms with Crippen molar-refractivity contribution in [3.05, 3.63) is 83.6 Å². The van der Waals surface area contributed by atoms with Crippen molar-refractivity contribution in [2.45, 2.75) is 57.8 Å². The van der Waals surface area contributed by atoms with Crippen LogP contribution in [0, 0.1) is 0 Å². The molecule has 11 heteroatoms. The van der Waals surface area contributed by atoms with Crippen LogP contribution in [-0.4, -0.2) is 60.8 Å². The molecule has 0 aliphatic carbocycles. The fourth-order valence-electron chi connectivity index (χ4n) is 5.94. The Hall–Kier alpha value is -1.79. The normalized spacial score (nSPS) is 18.6. The largest absolute Gasteiger partial charge is 1.00 e. The summed E-state index contributed by atoms with van der Waals surface area (Å²) in [6.45, 7) is 9.57. The van der Waals surface area contributed by atoms with E-state index in [0.717, 1.165) is 28.3 Å². The summed E-state index contributed by atoms with van der Waals surface area (Å²) in [7, 11) is -8.55. The van der Waals surface area contributed by atoms with Crippen LogP contribution in [0.4, 0.5) is 11.4 Å². The zero-order valence-electron chi connectivity index (χ0n) is 24.5. The van der Waals surface area contributed by atoms with Gasteiger partial charge in [-0.1, -0.05) is 56.3 Å². The van der Waals surface area contributed by atoms with Crippen molar-refractivity contribution < 1.29 is 60.1 Å². The van der Waals surface area contributed by atoms with E-state index in [-0.39, 0.29) is 52.6 Å². The molecule has 2 aliphatic rings. The second-order valence-electron chi connectivity index (χ2n) is 11.5. The molecule has 2 aromatic rings. The van der Waals surface area contributed by atoms with E-state index in [1.54, 1.807) is 0 Å². The smallest absolute Gasteiger partial charge is 0.748 e. The third kappa shape index (κ3) is 7.60.